The average molecular weight is 431 g/mol. The number of amides is 2. The molecule has 0 spiro atoms. The molecular formula is C24H19ClN4O2. The van der Waals surface area contributed by atoms with Gasteiger partial charge in [-0.1, -0.05) is 60.1 Å². The number of para-hydroxylation sites is 1. The largest absolute Gasteiger partial charge is 0.361 e. The zero-order valence-electron chi connectivity index (χ0n) is 16.4. The van der Waals surface area contributed by atoms with Crippen molar-refractivity contribution in [3.63, 3.8) is 0 Å². The van der Waals surface area contributed by atoms with Crippen LogP contribution in [0.1, 0.15) is 27.5 Å². The van der Waals surface area contributed by atoms with Gasteiger partial charge in [0.05, 0.1) is 0 Å². The molecule has 0 bridgehead atoms. The first-order chi connectivity index (χ1) is 15.0. The van der Waals surface area contributed by atoms with Crippen LogP contribution in [0.4, 0.5) is 0 Å². The van der Waals surface area contributed by atoms with Crippen molar-refractivity contribution >= 4 is 40.2 Å². The van der Waals surface area contributed by atoms with Crippen molar-refractivity contribution in [2.45, 2.75) is 6.04 Å². The van der Waals surface area contributed by atoms with Crippen LogP contribution in [0.5, 0.6) is 0 Å². The summed E-state index contributed by atoms with van der Waals surface area (Å²) in [4.78, 5) is 29.2. The first kappa shape index (κ1) is 20.4. The maximum absolute atomic E-state index is 13.2. The van der Waals surface area contributed by atoms with E-state index >= 15 is 0 Å². The van der Waals surface area contributed by atoms with E-state index < -0.39 is 17.9 Å². The Morgan fingerprint density at radius 1 is 0.871 bits per heavy atom. The molecule has 4 aromatic rings. The van der Waals surface area contributed by atoms with Crippen LogP contribution < -0.4 is 10.6 Å². The number of hydrogen-bond acceptors (Lipinski definition) is 3. The van der Waals surface area contributed by atoms with E-state index in [0.717, 1.165) is 10.9 Å². The summed E-state index contributed by atoms with van der Waals surface area (Å²) in [5.74, 6) is -0.981. The number of nitrogens with one attached hydrogen (secondary N) is 4. The van der Waals surface area contributed by atoms with E-state index in [0.29, 0.717) is 21.7 Å². The van der Waals surface area contributed by atoms with Gasteiger partial charge < -0.3 is 15.6 Å². The van der Waals surface area contributed by atoms with Gasteiger partial charge in [-0.3, -0.25) is 15.0 Å². The van der Waals surface area contributed by atoms with E-state index in [1.54, 1.807) is 54.7 Å². The Morgan fingerprint density at radius 3 is 2.29 bits per heavy atom. The molecule has 31 heavy (non-hydrogen) atoms. The molecule has 0 fully saturated rings. The minimum Gasteiger partial charge on any atom is -0.361 e. The minimum absolute atomic E-state index is 0.0452. The summed E-state index contributed by atoms with van der Waals surface area (Å²) in [5, 5.41) is 15.0. The standard InChI is InChI=1S/C24H19ClN4O2/c25-17-12-10-16(11-13-17)23(30)28-21(19-14-27-20-9-5-4-8-18(19)20)24(31)29-22(26)15-6-2-1-3-7-15/h1-14,21,27H,(H,28,30)(H2,26,29,31). The summed E-state index contributed by atoms with van der Waals surface area (Å²) in [6.45, 7) is 0. The molecule has 0 aliphatic heterocycles. The normalized spacial score (nSPS) is 11.6. The predicted molar refractivity (Wildman–Crippen MR) is 121 cm³/mol. The van der Waals surface area contributed by atoms with Crippen LogP contribution in [0.3, 0.4) is 0 Å². The lowest BCUT2D eigenvalue weighted by Gasteiger charge is -2.19. The zero-order valence-corrected chi connectivity index (χ0v) is 17.1. The lowest BCUT2D eigenvalue weighted by molar-refractivity contribution is -0.121. The Bertz CT molecular complexity index is 1250. The molecule has 0 saturated carbocycles. The van der Waals surface area contributed by atoms with Crippen LogP contribution >= 0.6 is 11.6 Å². The summed E-state index contributed by atoms with van der Waals surface area (Å²) < 4.78 is 0. The fourth-order valence-corrected chi connectivity index (χ4v) is 3.43. The molecule has 154 valence electrons. The maximum Gasteiger partial charge on any atom is 0.252 e. The molecule has 1 aromatic heterocycles. The molecule has 0 radical (unpaired) electrons. The lowest BCUT2D eigenvalue weighted by atomic mass is 10.0. The lowest BCUT2D eigenvalue weighted by Crippen LogP contribution is -2.42. The SMILES string of the molecule is N=C(NC(=O)C(NC(=O)c1ccc(Cl)cc1)c1c[nH]c2ccccc12)c1ccccc1. The highest BCUT2D eigenvalue weighted by Gasteiger charge is 2.27. The van der Waals surface area contributed by atoms with Crippen molar-refractivity contribution in [2.24, 2.45) is 0 Å². The second-order valence-electron chi connectivity index (χ2n) is 6.93. The van der Waals surface area contributed by atoms with Crippen LogP contribution in [0.25, 0.3) is 10.9 Å². The van der Waals surface area contributed by atoms with E-state index in [2.05, 4.69) is 15.6 Å². The molecule has 1 atom stereocenters. The first-order valence-electron chi connectivity index (χ1n) is 9.60. The molecular weight excluding hydrogens is 412 g/mol. The van der Waals surface area contributed by atoms with Gasteiger partial charge in [0.2, 0.25) is 0 Å². The summed E-state index contributed by atoms with van der Waals surface area (Å²) in [5.41, 5.74) is 2.39. The molecule has 3 aromatic carbocycles. The molecule has 2 amide bonds. The molecule has 1 unspecified atom stereocenters. The third-order valence-corrected chi connectivity index (χ3v) is 5.14. The molecule has 4 rings (SSSR count). The number of halogens is 1. The second-order valence-corrected chi connectivity index (χ2v) is 7.37. The van der Waals surface area contributed by atoms with E-state index in [4.69, 9.17) is 17.0 Å². The molecule has 0 saturated heterocycles. The zero-order chi connectivity index (χ0) is 21.8. The van der Waals surface area contributed by atoms with Crippen molar-refractivity contribution in [3.8, 4) is 0 Å². The van der Waals surface area contributed by atoms with E-state index in [9.17, 15) is 9.59 Å². The third kappa shape index (κ3) is 4.49. The number of hydrogen-bond donors (Lipinski definition) is 4. The number of amidine groups is 1. The van der Waals surface area contributed by atoms with Gasteiger partial charge in [-0.25, -0.2) is 0 Å². The highest BCUT2D eigenvalue weighted by molar-refractivity contribution is 6.30. The fourth-order valence-electron chi connectivity index (χ4n) is 3.31. The van der Waals surface area contributed by atoms with Crippen LogP contribution in [-0.2, 0) is 4.79 Å². The molecule has 0 aliphatic rings. The monoisotopic (exact) mass is 430 g/mol. The van der Waals surface area contributed by atoms with E-state index in [-0.39, 0.29) is 5.84 Å². The van der Waals surface area contributed by atoms with E-state index in [1.807, 2.05) is 30.3 Å². The van der Waals surface area contributed by atoms with Gasteiger partial charge in [0.15, 0.2) is 0 Å². The topological polar surface area (TPSA) is 97.8 Å². The Kier molecular flexibility index (Phi) is 5.82. The highest BCUT2D eigenvalue weighted by atomic mass is 35.5. The molecule has 6 nitrogen and oxygen atoms in total. The Balaban J connectivity index is 1.65. The number of aromatic amines is 1. The van der Waals surface area contributed by atoms with Gasteiger partial charge in [-0.2, -0.15) is 0 Å². The molecule has 7 heteroatoms. The number of aromatic nitrogens is 1. The average Bonchev–Trinajstić information content (AvgIpc) is 3.22. The number of carbonyl (C=O) groups excluding carboxylic acids is 2. The van der Waals surface area contributed by atoms with Gasteiger partial charge in [0, 0.05) is 38.8 Å². The summed E-state index contributed by atoms with van der Waals surface area (Å²) in [6.07, 6.45) is 1.70. The molecule has 0 aliphatic carbocycles. The van der Waals surface area contributed by atoms with Crippen LogP contribution in [-0.4, -0.2) is 22.6 Å². The summed E-state index contributed by atoms with van der Waals surface area (Å²) in [6, 6.07) is 21.8. The number of benzene rings is 3. The first-order valence-corrected chi connectivity index (χ1v) is 9.98. The fraction of sp³-hybridized carbons (Fsp3) is 0.0417. The minimum atomic E-state index is -1.01. The van der Waals surface area contributed by atoms with Crippen LogP contribution in [0, 0.1) is 5.41 Å². The van der Waals surface area contributed by atoms with Crippen LogP contribution in [0.2, 0.25) is 5.02 Å². The smallest absolute Gasteiger partial charge is 0.252 e. The highest BCUT2D eigenvalue weighted by Crippen LogP contribution is 2.25. The Morgan fingerprint density at radius 2 is 1.55 bits per heavy atom. The van der Waals surface area contributed by atoms with Crippen LogP contribution in [0.15, 0.2) is 85.1 Å². The quantitative estimate of drug-likeness (QED) is 0.278. The van der Waals surface area contributed by atoms with Gasteiger partial charge >= 0.3 is 0 Å². The van der Waals surface area contributed by atoms with Crippen molar-refractivity contribution in [3.05, 3.63) is 107 Å². The Hall–Kier alpha value is -3.90. The van der Waals surface area contributed by atoms with Gasteiger partial charge in [-0.15, -0.1) is 0 Å². The number of carbonyl (C=O) groups is 2. The van der Waals surface area contributed by atoms with Gasteiger partial charge in [0.1, 0.15) is 11.9 Å². The summed E-state index contributed by atoms with van der Waals surface area (Å²) >= 11 is 5.91. The van der Waals surface area contributed by atoms with Gasteiger partial charge in [0.25, 0.3) is 11.8 Å². The molecule has 1 heterocycles. The van der Waals surface area contributed by atoms with Crippen molar-refractivity contribution in [1.82, 2.24) is 15.6 Å². The van der Waals surface area contributed by atoms with Crippen molar-refractivity contribution in [1.29, 1.82) is 5.41 Å². The second kappa shape index (κ2) is 8.85. The van der Waals surface area contributed by atoms with Gasteiger partial charge in [-0.05, 0) is 30.3 Å². The van der Waals surface area contributed by atoms with Crippen molar-refractivity contribution < 1.29 is 9.59 Å². The number of fused-ring (bicyclic) bond motifs is 1. The molecule has 4 N–H and O–H groups in total. The Labute approximate surface area is 183 Å². The van der Waals surface area contributed by atoms with E-state index in [1.165, 1.54) is 0 Å². The third-order valence-electron chi connectivity index (χ3n) is 4.89. The maximum atomic E-state index is 13.2. The number of rotatable bonds is 5. The summed E-state index contributed by atoms with van der Waals surface area (Å²) in [7, 11) is 0. The van der Waals surface area contributed by atoms with Crippen molar-refractivity contribution in [2.75, 3.05) is 0 Å². The predicted octanol–water partition coefficient (Wildman–Crippen LogP) is 4.43. The number of H-pyrrole nitrogens is 1.